The topological polar surface area (TPSA) is 37.3 Å². The van der Waals surface area contributed by atoms with Crippen molar-refractivity contribution >= 4 is 33.5 Å². The van der Waals surface area contributed by atoms with E-state index in [-0.39, 0.29) is 6.42 Å². The Hall–Kier alpha value is -1.39. The summed E-state index contributed by atoms with van der Waals surface area (Å²) in [7, 11) is 0. The molecule has 1 unspecified atom stereocenters. The van der Waals surface area contributed by atoms with Crippen LogP contribution in [0.15, 0.2) is 46.9 Å². The first kappa shape index (κ1) is 15.0. The van der Waals surface area contributed by atoms with Crippen LogP contribution in [0.4, 0.5) is 4.39 Å². The van der Waals surface area contributed by atoms with Crippen molar-refractivity contribution in [3.8, 4) is 0 Å². The maximum absolute atomic E-state index is 13.7. The molecule has 104 valence electrons. The summed E-state index contributed by atoms with van der Waals surface area (Å²) in [5.41, 5.74) is 0.924. The summed E-state index contributed by atoms with van der Waals surface area (Å²) in [5, 5.41) is 9.74. The highest BCUT2D eigenvalue weighted by Crippen LogP contribution is 2.26. The van der Waals surface area contributed by atoms with E-state index in [4.69, 9.17) is 11.6 Å². The molecule has 0 bridgehead atoms. The Morgan fingerprint density at radius 3 is 2.50 bits per heavy atom. The molecule has 0 radical (unpaired) electrons. The van der Waals surface area contributed by atoms with Gasteiger partial charge in [-0.1, -0.05) is 39.7 Å². The number of aliphatic carboxylic acids is 1. The highest BCUT2D eigenvalue weighted by atomic mass is 79.9. The van der Waals surface area contributed by atoms with Gasteiger partial charge in [0.2, 0.25) is 0 Å². The van der Waals surface area contributed by atoms with Gasteiger partial charge >= 0.3 is 5.97 Å². The van der Waals surface area contributed by atoms with E-state index in [1.54, 1.807) is 24.3 Å². The van der Waals surface area contributed by atoms with E-state index >= 15 is 0 Å². The van der Waals surface area contributed by atoms with Crippen LogP contribution in [0, 0.1) is 5.82 Å². The molecule has 0 aliphatic rings. The number of rotatable bonds is 4. The minimum absolute atomic E-state index is 0.0589. The van der Waals surface area contributed by atoms with Gasteiger partial charge in [0, 0.05) is 9.50 Å². The molecular weight excluding hydrogens is 347 g/mol. The fourth-order valence-corrected chi connectivity index (χ4v) is 2.42. The minimum Gasteiger partial charge on any atom is -0.481 e. The van der Waals surface area contributed by atoms with Crippen molar-refractivity contribution < 1.29 is 14.3 Å². The Labute approximate surface area is 129 Å². The first-order valence-electron chi connectivity index (χ1n) is 5.89. The molecule has 0 spiro atoms. The largest absolute Gasteiger partial charge is 0.481 e. The number of hydrogen-bond donors (Lipinski definition) is 1. The lowest BCUT2D eigenvalue weighted by atomic mass is 9.92. The normalized spacial score (nSPS) is 12.2. The van der Waals surface area contributed by atoms with Crippen molar-refractivity contribution in [2.45, 2.75) is 12.3 Å². The zero-order valence-corrected chi connectivity index (χ0v) is 12.7. The molecule has 0 saturated heterocycles. The van der Waals surface area contributed by atoms with Gasteiger partial charge in [-0.15, -0.1) is 0 Å². The van der Waals surface area contributed by atoms with Gasteiger partial charge in [0.25, 0.3) is 0 Å². The number of hydrogen-bond acceptors (Lipinski definition) is 1. The van der Waals surface area contributed by atoms with Crippen LogP contribution in [0.2, 0.25) is 5.02 Å². The summed E-state index contributed by atoms with van der Waals surface area (Å²) in [4.78, 5) is 11.4. The van der Waals surface area contributed by atoms with E-state index < -0.39 is 17.7 Å². The van der Waals surface area contributed by atoms with Crippen LogP contribution in [0.3, 0.4) is 0 Å². The molecule has 1 N–H and O–H groups in total. The number of benzene rings is 2. The van der Waals surface area contributed by atoms with Crippen LogP contribution in [-0.2, 0) is 11.2 Å². The number of carbonyl (C=O) groups is 1. The monoisotopic (exact) mass is 356 g/mol. The molecule has 1 atom stereocenters. The molecule has 0 heterocycles. The third-order valence-corrected chi connectivity index (χ3v) is 3.77. The highest BCUT2D eigenvalue weighted by Gasteiger charge is 2.22. The van der Waals surface area contributed by atoms with E-state index in [1.165, 1.54) is 18.2 Å². The first-order chi connectivity index (χ1) is 9.47. The number of halogens is 3. The quantitative estimate of drug-likeness (QED) is 0.864. The van der Waals surface area contributed by atoms with E-state index in [0.29, 0.717) is 16.1 Å². The van der Waals surface area contributed by atoms with Crippen molar-refractivity contribution in [1.29, 1.82) is 0 Å². The van der Waals surface area contributed by atoms with Gasteiger partial charge in [-0.05, 0) is 47.9 Å². The molecule has 0 amide bonds. The van der Waals surface area contributed by atoms with Gasteiger partial charge < -0.3 is 5.11 Å². The molecule has 2 aromatic rings. The Morgan fingerprint density at radius 1 is 1.25 bits per heavy atom. The second-order valence-electron chi connectivity index (χ2n) is 4.38. The molecule has 2 rings (SSSR count). The summed E-state index contributed by atoms with van der Waals surface area (Å²) < 4.78 is 14.6. The van der Waals surface area contributed by atoms with E-state index in [1.807, 2.05) is 0 Å². The molecule has 0 aliphatic carbocycles. The Balaban J connectivity index is 2.32. The second-order valence-corrected chi connectivity index (χ2v) is 5.73. The van der Waals surface area contributed by atoms with Crippen molar-refractivity contribution in [3.05, 3.63) is 68.9 Å². The zero-order valence-electron chi connectivity index (χ0n) is 10.3. The summed E-state index contributed by atoms with van der Waals surface area (Å²) in [6.07, 6.45) is 0.0589. The smallest absolute Gasteiger partial charge is 0.311 e. The standard InChI is InChI=1S/C15H11BrClFO2/c16-11-3-1-9(2-4-11)13(15(19)20)8-10-7-12(17)5-6-14(10)18/h1-7,13H,8H2,(H,19,20). The minimum atomic E-state index is -0.994. The van der Waals surface area contributed by atoms with Gasteiger partial charge in [-0.3, -0.25) is 4.79 Å². The first-order valence-corrected chi connectivity index (χ1v) is 7.06. The molecular formula is C15H11BrClFO2. The Kier molecular flexibility index (Phi) is 4.78. The molecule has 2 aromatic carbocycles. The highest BCUT2D eigenvalue weighted by molar-refractivity contribution is 9.10. The third-order valence-electron chi connectivity index (χ3n) is 3.00. The fourth-order valence-electron chi connectivity index (χ4n) is 1.96. The molecule has 0 fully saturated rings. The van der Waals surface area contributed by atoms with Crippen LogP contribution in [0.5, 0.6) is 0 Å². The maximum atomic E-state index is 13.7. The summed E-state index contributed by atoms with van der Waals surface area (Å²) in [5.74, 6) is -2.25. The van der Waals surface area contributed by atoms with Crippen LogP contribution in [0.25, 0.3) is 0 Å². The lowest BCUT2D eigenvalue weighted by molar-refractivity contribution is -0.138. The van der Waals surface area contributed by atoms with Crippen molar-refractivity contribution in [2.75, 3.05) is 0 Å². The molecule has 2 nitrogen and oxygen atoms in total. The third kappa shape index (κ3) is 3.58. The predicted molar refractivity (Wildman–Crippen MR) is 79.6 cm³/mol. The summed E-state index contributed by atoms with van der Waals surface area (Å²) in [6, 6.07) is 11.1. The second kappa shape index (κ2) is 6.37. The van der Waals surface area contributed by atoms with E-state index in [0.717, 1.165) is 4.47 Å². The van der Waals surface area contributed by atoms with Crippen LogP contribution >= 0.6 is 27.5 Å². The fraction of sp³-hybridized carbons (Fsp3) is 0.133. The van der Waals surface area contributed by atoms with Gasteiger partial charge in [0.15, 0.2) is 0 Å². The zero-order chi connectivity index (χ0) is 14.7. The summed E-state index contributed by atoms with van der Waals surface area (Å²) >= 11 is 9.12. The van der Waals surface area contributed by atoms with Gasteiger partial charge in [0.1, 0.15) is 5.82 Å². The molecule has 20 heavy (non-hydrogen) atoms. The average molecular weight is 358 g/mol. The maximum Gasteiger partial charge on any atom is 0.311 e. The van der Waals surface area contributed by atoms with Crippen molar-refractivity contribution in [3.63, 3.8) is 0 Å². The molecule has 0 aromatic heterocycles. The number of carboxylic acid groups (broad SMARTS) is 1. The SMILES string of the molecule is O=C(O)C(Cc1cc(Cl)ccc1F)c1ccc(Br)cc1. The van der Waals surface area contributed by atoms with Crippen LogP contribution in [-0.4, -0.2) is 11.1 Å². The lowest BCUT2D eigenvalue weighted by Crippen LogP contribution is -2.15. The Bertz CT molecular complexity index is 628. The van der Waals surface area contributed by atoms with E-state index in [9.17, 15) is 14.3 Å². The van der Waals surface area contributed by atoms with Crippen LogP contribution < -0.4 is 0 Å². The van der Waals surface area contributed by atoms with Crippen molar-refractivity contribution in [1.82, 2.24) is 0 Å². The van der Waals surface area contributed by atoms with Crippen molar-refractivity contribution in [2.24, 2.45) is 0 Å². The predicted octanol–water partition coefficient (Wildman–Crippen LogP) is 4.65. The lowest BCUT2D eigenvalue weighted by Gasteiger charge is -2.14. The summed E-state index contributed by atoms with van der Waals surface area (Å²) in [6.45, 7) is 0. The molecule has 5 heteroatoms. The van der Waals surface area contributed by atoms with E-state index in [2.05, 4.69) is 15.9 Å². The molecule has 0 saturated carbocycles. The van der Waals surface area contributed by atoms with Crippen LogP contribution in [0.1, 0.15) is 17.0 Å². The van der Waals surface area contributed by atoms with Gasteiger partial charge in [0.05, 0.1) is 5.92 Å². The molecule has 0 aliphatic heterocycles. The Morgan fingerprint density at radius 2 is 1.90 bits per heavy atom. The van der Waals surface area contributed by atoms with Gasteiger partial charge in [-0.2, -0.15) is 0 Å². The van der Waals surface area contributed by atoms with Gasteiger partial charge in [-0.25, -0.2) is 4.39 Å². The number of carboxylic acids is 1. The average Bonchev–Trinajstić information content (AvgIpc) is 2.40.